The quantitative estimate of drug-likeness (QED) is 0.709. The van der Waals surface area contributed by atoms with Crippen molar-refractivity contribution in [1.29, 1.82) is 0 Å². The molecule has 6 nitrogen and oxygen atoms in total. The smallest absolute Gasteiger partial charge is 0.319 e. The van der Waals surface area contributed by atoms with Crippen LogP contribution in [-0.4, -0.2) is 68.8 Å². The molecule has 1 saturated heterocycles. The van der Waals surface area contributed by atoms with Gasteiger partial charge in [-0.2, -0.15) is 0 Å². The second-order valence-corrected chi connectivity index (χ2v) is 6.67. The lowest BCUT2D eigenvalue weighted by molar-refractivity contribution is 0.152. The fourth-order valence-corrected chi connectivity index (χ4v) is 2.91. The average molecular weight is 348 g/mol. The highest BCUT2D eigenvalue weighted by molar-refractivity contribution is 5.90. The Hall–Kier alpha value is -1.79. The molecular formula is C19H32N4O2. The van der Waals surface area contributed by atoms with Crippen LogP contribution in [0.25, 0.3) is 0 Å². The van der Waals surface area contributed by atoms with Crippen LogP contribution in [0.1, 0.15) is 25.3 Å². The Morgan fingerprint density at radius 2 is 1.96 bits per heavy atom. The van der Waals surface area contributed by atoms with E-state index in [9.17, 15) is 4.79 Å². The number of hydrogen-bond donors (Lipinski definition) is 2. The predicted molar refractivity (Wildman–Crippen MR) is 103 cm³/mol. The van der Waals surface area contributed by atoms with Crippen molar-refractivity contribution in [2.45, 2.75) is 26.7 Å². The predicted octanol–water partition coefficient (Wildman–Crippen LogP) is 2.54. The Morgan fingerprint density at radius 1 is 1.20 bits per heavy atom. The third-order valence-corrected chi connectivity index (χ3v) is 4.47. The van der Waals surface area contributed by atoms with Crippen LogP contribution in [0.4, 0.5) is 10.5 Å². The van der Waals surface area contributed by atoms with E-state index >= 15 is 0 Å². The van der Waals surface area contributed by atoms with Crippen LogP contribution >= 0.6 is 0 Å². The molecule has 6 heteroatoms. The van der Waals surface area contributed by atoms with E-state index in [0.717, 1.165) is 51.1 Å². The number of carbonyl (C=O) groups is 1. The first-order valence-electron chi connectivity index (χ1n) is 9.27. The number of hydrogen-bond acceptors (Lipinski definition) is 4. The summed E-state index contributed by atoms with van der Waals surface area (Å²) in [6.45, 7) is 10.9. The highest BCUT2D eigenvalue weighted by Gasteiger charge is 2.13. The zero-order valence-electron chi connectivity index (χ0n) is 15.8. The van der Waals surface area contributed by atoms with Gasteiger partial charge in [0, 0.05) is 32.7 Å². The van der Waals surface area contributed by atoms with Crippen LogP contribution in [0.2, 0.25) is 0 Å². The molecule has 0 radical (unpaired) electrons. The molecule has 1 aromatic carbocycles. The second-order valence-electron chi connectivity index (χ2n) is 6.67. The largest absolute Gasteiger partial charge is 0.492 e. The lowest BCUT2D eigenvalue weighted by atomic mass is 10.2. The SMILES string of the molecule is CCOc1cc(C)ccc1NC(=O)NCCCCN1CCN(C)CC1. The van der Waals surface area contributed by atoms with E-state index in [2.05, 4.69) is 27.5 Å². The number of urea groups is 1. The Morgan fingerprint density at radius 3 is 2.68 bits per heavy atom. The molecule has 0 bridgehead atoms. The van der Waals surface area contributed by atoms with E-state index in [4.69, 9.17) is 4.74 Å². The minimum absolute atomic E-state index is 0.176. The minimum atomic E-state index is -0.176. The average Bonchev–Trinajstić information content (AvgIpc) is 2.59. The molecule has 1 heterocycles. The molecule has 0 spiro atoms. The maximum Gasteiger partial charge on any atom is 0.319 e. The first-order chi connectivity index (χ1) is 12.1. The van der Waals surface area contributed by atoms with Crippen LogP contribution in [0.5, 0.6) is 5.75 Å². The number of carbonyl (C=O) groups excluding carboxylic acids is 1. The van der Waals surface area contributed by atoms with Crippen LogP contribution in [0.3, 0.4) is 0 Å². The van der Waals surface area contributed by atoms with E-state index in [1.165, 1.54) is 0 Å². The van der Waals surface area contributed by atoms with Crippen molar-refractivity contribution < 1.29 is 9.53 Å². The number of likely N-dealkylation sites (N-methyl/N-ethyl adjacent to an activating group) is 1. The number of unbranched alkanes of at least 4 members (excludes halogenated alkanes) is 1. The van der Waals surface area contributed by atoms with Crippen LogP contribution in [-0.2, 0) is 0 Å². The molecule has 2 amide bonds. The number of nitrogens with one attached hydrogen (secondary N) is 2. The van der Waals surface area contributed by atoms with Gasteiger partial charge in [-0.05, 0) is 58.0 Å². The standard InChI is InChI=1S/C19H32N4O2/c1-4-25-18-15-16(2)7-8-17(18)21-19(24)20-9-5-6-10-23-13-11-22(3)12-14-23/h7-8,15H,4-6,9-14H2,1-3H3,(H2,20,21,24). The molecule has 0 saturated carbocycles. The lowest BCUT2D eigenvalue weighted by Gasteiger charge is -2.32. The summed E-state index contributed by atoms with van der Waals surface area (Å²) in [6, 6.07) is 5.61. The van der Waals surface area contributed by atoms with Gasteiger partial charge < -0.3 is 25.2 Å². The molecule has 1 aromatic rings. The number of benzene rings is 1. The Kier molecular flexibility index (Phi) is 8.01. The van der Waals surface area contributed by atoms with E-state index < -0.39 is 0 Å². The Labute approximate surface area is 151 Å². The first-order valence-corrected chi connectivity index (χ1v) is 9.27. The molecule has 0 aliphatic carbocycles. The van der Waals surface area contributed by atoms with Gasteiger partial charge in [0.05, 0.1) is 12.3 Å². The summed E-state index contributed by atoms with van der Waals surface area (Å²) in [5, 5.41) is 5.80. The van der Waals surface area contributed by atoms with Gasteiger partial charge in [-0.25, -0.2) is 4.79 Å². The highest BCUT2D eigenvalue weighted by atomic mass is 16.5. The zero-order chi connectivity index (χ0) is 18.1. The fraction of sp³-hybridized carbons (Fsp3) is 0.632. The van der Waals surface area contributed by atoms with Crippen molar-refractivity contribution >= 4 is 11.7 Å². The molecule has 140 valence electrons. The summed E-state index contributed by atoms with van der Waals surface area (Å²) in [5.41, 5.74) is 1.82. The van der Waals surface area contributed by atoms with Crippen LogP contribution in [0.15, 0.2) is 18.2 Å². The van der Waals surface area contributed by atoms with Crippen molar-refractivity contribution in [2.24, 2.45) is 0 Å². The van der Waals surface area contributed by atoms with Gasteiger partial charge >= 0.3 is 6.03 Å². The van der Waals surface area contributed by atoms with Crippen molar-refractivity contribution in [2.75, 3.05) is 58.2 Å². The monoisotopic (exact) mass is 348 g/mol. The summed E-state index contributed by atoms with van der Waals surface area (Å²) in [5.74, 6) is 0.715. The number of amides is 2. The molecular weight excluding hydrogens is 316 g/mol. The Bertz CT molecular complexity index is 542. The lowest BCUT2D eigenvalue weighted by Crippen LogP contribution is -2.44. The third kappa shape index (κ3) is 6.92. The zero-order valence-corrected chi connectivity index (χ0v) is 15.8. The van der Waals surface area contributed by atoms with Crippen molar-refractivity contribution in [3.05, 3.63) is 23.8 Å². The number of ether oxygens (including phenoxy) is 1. The molecule has 25 heavy (non-hydrogen) atoms. The molecule has 2 rings (SSSR count). The fourth-order valence-electron chi connectivity index (χ4n) is 2.91. The van der Waals surface area contributed by atoms with Crippen molar-refractivity contribution in [1.82, 2.24) is 15.1 Å². The van der Waals surface area contributed by atoms with Crippen LogP contribution < -0.4 is 15.4 Å². The summed E-state index contributed by atoms with van der Waals surface area (Å²) < 4.78 is 5.59. The molecule has 0 atom stereocenters. The molecule has 0 unspecified atom stereocenters. The van der Waals surface area contributed by atoms with Gasteiger partial charge in [0.15, 0.2) is 0 Å². The van der Waals surface area contributed by atoms with Crippen molar-refractivity contribution in [3.63, 3.8) is 0 Å². The summed E-state index contributed by atoms with van der Waals surface area (Å²) >= 11 is 0. The minimum Gasteiger partial charge on any atom is -0.492 e. The number of rotatable bonds is 8. The van der Waals surface area contributed by atoms with Gasteiger partial charge in [-0.1, -0.05) is 6.07 Å². The van der Waals surface area contributed by atoms with Gasteiger partial charge in [-0.3, -0.25) is 0 Å². The maximum absolute atomic E-state index is 12.1. The normalized spacial score (nSPS) is 15.8. The second kappa shape index (κ2) is 10.3. The van der Waals surface area contributed by atoms with Crippen LogP contribution in [0, 0.1) is 6.92 Å². The van der Waals surface area contributed by atoms with E-state index in [1.54, 1.807) is 0 Å². The Balaban J connectivity index is 1.64. The first kappa shape index (κ1) is 19.5. The molecule has 0 aromatic heterocycles. The molecule has 1 fully saturated rings. The van der Waals surface area contributed by atoms with Gasteiger partial charge in [0.1, 0.15) is 5.75 Å². The van der Waals surface area contributed by atoms with Gasteiger partial charge in [-0.15, -0.1) is 0 Å². The third-order valence-electron chi connectivity index (χ3n) is 4.47. The maximum atomic E-state index is 12.1. The summed E-state index contributed by atoms with van der Waals surface area (Å²) in [6.07, 6.45) is 2.10. The highest BCUT2D eigenvalue weighted by Crippen LogP contribution is 2.25. The number of nitrogens with zero attached hydrogens (tertiary/aromatic N) is 2. The van der Waals surface area contributed by atoms with Gasteiger partial charge in [0.2, 0.25) is 0 Å². The van der Waals surface area contributed by atoms with E-state index in [0.29, 0.717) is 24.6 Å². The van der Waals surface area contributed by atoms with Gasteiger partial charge in [0.25, 0.3) is 0 Å². The number of aryl methyl sites for hydroxylation is 1. The van der Waals surface area contributed by atoms with Crippen molar-refractivity contribution in [3.8, 4) is 5.75 Å². The molecule has 1 aliphatic heterocycles. The van der Waals surface area contributed by atoms with E-state index in [-0.39, 0.29) is 6.03 Å². The number of piperazine rings is 1. The summed E-state index contributed by atoms with van der Waals surface area (Å²) in [4.78, 5) is 16.9. The summed E-state index contributed by atoms with van der Waals surface area (Å²) in [7, 11) is 2.17. The molecule has 1 aliphatic rings. The van der Waals surface area contributed by atoms with E-state index in [1.807, 2.05) is 32.0 Å². The topological polar surface area (TPSA) is 56.8 Å². The number of anilines is 1. The molecule has 2 N–H and O–H groups in total.